The number of furan rings is 1. The lowest BCUT2D eigenvalue weighted by molar-refractivity contribution is 0.490. The summed E-state index contributed by atoms with van der Waals surface area (Å²) in [4.78, 5) is 8.50. The van der Waals surface area contributed by atoms with Crippen molar-refractivity contribution in [3.63, 3.8) is 0 Å². The predicted molar refractivity (Wildman–Crippen MR) is 68.7 cm³/mol. The Morgan fingerprint density at radius 1 is 1.47 bits per heavy atom. The molecule has 2 aromatic heterocycles. The van der Waals surface area contributed by atoms with Crippen molar-refractivity contribution < 1.29 is 4.42 Å². The normalized spacial score (nSPS) is 12.1. The highest BCUT2D eigenvalue weighted by Gasteiger charge is 2.08. The van der Waals surface area contributed by atoms with Gasteiger partial charge in [-0.3, -0.25) is 0 Å². The lowest BCUT2D eigenvalue weighted by Crippen LogP contribution is -2.13. The maximum absolute atomic E-state index is 5.44. The van der Waals surface area contributed by atoms with E-state index in [-0.39, 0.29) is 11.0 Å². The molecular weight excluding hydrogens is 236 g/mol. The first-order chi connectivity index (χ1) is 8.16. The molecule has 2 aromatic rings. The molecule has 3 N–H and O–H groups in total. The van der Waals surface area contributed by atoms with E-state index in [4.69, 9.17) is 22.4 Å². The van der Waals surface area contributed by atoms with E-state index < -0.39 is 0 Å². The summed E-state index contributed by atoms with van der Waals surface area (Å²) in [5, 5.41) is 3.16. The van der Waals surface area contributed by atoms with Crippen molar-refractivity contribution in [3.05, 3.63) is 42.2 Å². The minimum atomic E-state index is 0.0231. The van der Waals surface area contributed by atoms with Crippen LogP contribution in [0.2, 0.25) is 0 Å². The number of nitrogens with two attached hydrogens (primary N) is 1. The molecule has 0 radical (unpaired) electrons. The van der Waals surface area contributed by atoms with Gasteiger partial charge in [0.25, 0.3) is 0 Å². The van der Waals surface area contributed by atoms with Crippen LogP contribution >= 0.6 is 12.2 Å². The van der Waals surface area contributed by atoms with Gasteiger partial charge in [-0.05, 0) is 19.1 Å². The average molecular weight is 248 g/mol. The Hall–Kier alpha value is -1.95. The number of hydrogen-bond acceptors (Lipinski definition) is 5. The Labute approximate surface area is 104 Å². The molecule has 1 atom stereocenters. The molecule has 5 nitrogen and oxygen atoms in total. The van der Waals surface area contributed by atoms with Crippen molar-refractivity contribution in [1.29, 1.82) is 0 Å². The second-order valence-corrected chi connectivity index (χ2v) is 3.97. The zero-order chi connectivity index (χ0) is 12.3. The van der Waals surface area contributed by atoms with Gasteiger partial charge in [0, 0.05) is 0 Å². The van der Waals surface area contributed by atoms with Crippen LogP contribution in [0.1, 0.15) is 24.4 Å². The Morgan fingerprint density at radius 2 is 2.29 bits per heavy atom. The number of nitrogens with zero attached hydrogens (tertiary/aromatic N) is 2. The van der Waals surface area contributed by atoms with E-state index in [0.29, 0.717) is 11.5 Å². The van der Waals surface area contributed by atoms with E-state index in [2.05, 4.69) is 15.3 Å². The quantitative estimate of drug-likeness (QED) is 0.804. The monoisotopic (exact) mass is 248 g/mol. The molecule has 0 saturated heterocycles. The minimum absolute atomic E-state index is 0.0231. The van der Waals surface area contributed by atoms with E-state index in [1.54, 1.807) is 18.7 Å². The zero-order valence-electron chi connectivity index (χ0n) is 9.25. The molecule has 6 heteroatoms. The molecule has 0 aromatic carbocycles. The Kier molecular flexibility index (Phi) is 3.34. The number of rotatable bonds is 4. The minimum Gasteiger partial charge on any atom is -0.467 e. The van der Waals surface area contributed by atoms with Crippen LogP contribution in [0.5, 0.6) is 0 Å². The molecule has 0 fully saturated rings. The maximum Gasteiger partial charge on any atom is 0.145 e. The van der Waals surface area contributed by atoms with Gasteiger partial charge in [0.15, 0.2) is 0 Å². The number of nitrogens with one attached hydrogen (secondary N) is 1. The van der Waals surface area contributed by atoms with Crippen LogP contribution in [0.4, 0.5) is 5.82 Å². The summed E-state index contributed by atoms with van der Waals surface area (Å²) in [6.45, 7) is 1.97. The van der Waals surface area contributed by atoms with Gasteiger partial charge >= 0.3 is 0 Å². The smallest absolute Gasteiger partial charge is 0.145 e. The van der Waals surface area contributed by atoms with Crippen LogP contribution < -0.4 is 11.1 Å². The fourth-order valence-electron chi connectivity index (χ4n) is 1.36. The van der Waals surface area contributed by atoms with Gasteiger partial charge in [0.05, 0.1) is 24.7 Å². The molecule has 0 bridgehead atoms. The summed E-state index contributed by atoms with van der Waals surface area (Å²) in [5.74, 6) is 1.49. The second kappa shape index (κ2) is 4.92. The van der Waals surface area contributed by atoms with Crippen molar-refractivity contribution in [1.82, 2.24) is 9.97 Å². The van der Waals surface area contributed by atoms with Crippen LogP contribution in [0.25, 0.3) is 0 Å². The Balaban J connectivity index is 2.06. The molecule has 17 heavy (non-hydrogen) atoms. The molecule has 0 saturated carbocycles. The summed E-state index contributed by atoms with van der Waals surface area (Å²) in [5.41, 5.74) is 5.95. The lowest BCUT2D eigenvalue weighted by Gasteiger charge is -2.11. The van der Waals surface area contributed by atoms with Gasteiger partial charge in [0.2, 0.25) is 0 Å². The topological polar surface area (TPSA) is 77.0 Å². The second-order valence-electron chi connectivity index (χ2n) is 3.53. The number of thiocarbonyl (C=S) groups is 1. The molecule has 0 aliphatic rings. The third-order valence-corrected chi connectivity index (χ3v) is 2.45. The van der Waals surface area contributed by atoms with Gasteiger partial charge in [-0.1, -0.05) is 12.2 Å². The van der Waals surface area contributed by atoms with Crippen LogP contribution in [-0.2, 0) is 0 Å². The van der Waals surface area contributed by atoms with Crippen LogP contribution in [0.3, 0.4) is 0 Å². The molecule has 0 spiro atoms. The van der Waals surface area contributed by atoms with Gasteiger partial charge in [-0.2, -0.15) is 0 Å². The first-order valence-electron chi connectivity index (χ1n) is 5.08. The largest absolute Gasteiger partial charge is 0.467 e. The predicted octanol–water partition coefficient (Wildman–Crippen LogP) is 1.88. The molecule has 1 unspecified atom stereocenters. The summed E-state index contributed by atoms with van der Waals surface area (Å²) in [6, 6.07) is 3.76. The highest BCUT2D eigenvalue weighted by Crippen LogP contribution is 2.17. The maximum atomic E-state index is 5.44. The SMILES string of the molecule is CC(Nc1cnc(C(N)=S)cn1)c1ccco1. The van der Waals surface area contributed by atoms with Crippen molar-refractivity contribution in [3.8, 4) is 0 Å². The summed E-state index contributed by atoms with van der Waals surface area (Å²) in [6.07, 6.45) is 4.77. The van der Waals surface area contributed by atoms with E-state index in [1.807, 2.05) is 19.1 Å². The molecule has 0 aliphatic heterocycles. The van der Waals surface area contributed by atoms with Gasteiger partial charge in [-0.15, -0.1) is 0 Å². The van der Waals surface area contributed by atoms with E-state index in [0.717, 1.165) is 5.76 Å². The number of aromatic nitrogens is 2. The van der Waals surface area contributed by atoms with Crippen LogP contribution in [-0.4, -0.2) is 15.0 Å². The highest BCUT2D eigenvalue weighted by molar-refractivity contribution is 7.80. The first-order valence-corrected chi connectivity index (χ1v) is 5.49. The van der Waals surface area contributed by atoms with Crippen LogP contribution in [0.15, 0.2) is 35.2 Å². The standard InChI is InChI=1S/C11H12N4OS/c1-7(9-3-2-4-16-9)15-10-6-13-8(5-14-10)11(12)17/h2-7H,1H3,(H2,12,17)(H,14,15). The number of hydrogen-bond donors (Lipinski definition) is 2. The highest BCUT2D eigenvalue weighted by atomic mass is 32.1. The van der Waals surface area contributed by atoms with E-state index >= 15 is 0 Å². The summed E-state index contributed by atoms with van der Waals surface area (Å²) in [7, 11) is 0. The third-order valence-electron chi connectivity index (χ3n) is 2.24. The van der Waals surface area contributed by atoms with Gasteiger partial charge in [0.1, 0.15) is 22.3 Å². The number of anilines is 1. The molecule has 2 heterocycles. The lowest BCUT2D eigenvalue weighted by atomic mass is 10.2. The third kappa shape index (κ3) is 2.79. The van der Waals surface area contributed by atoms with Crippen molar-refractivity contribution in [2.75, 3.05) is 5.32 Å². The fraction of sp³-hybridized carbons (Fsp3) is 0.182. The van der Waals surface area contributed by atoms with Crippen LogP contribution in [0, 0.1) is 0 Å². The molecule has 88 valence electrons. The van der Waals surface area contributed by atoms with Gasteiger partial charge < -0.3 is 15.5 Å². The van der Waals surface area contributed by atoms with E-state index in [9.17, 15) is 0 Å². The molecule has 0 aliphatic carbocycles. The molecule has 0 amide bonds. The van der Waals surface area contributed by atoms with Crippen molar-refractivity contribution in [2.24, 2.45) is 5.73 Å². The van der Waals surface area contributed by atoms with E-state index in [1.165, 1.54) is 0 Å². The van der Waals surface area contributed by atoms with Gasteiger partial charge in [-0.25, -0.2) is 9.97 Å². The zero-order valence-corrected chi connectivity index (χ0v) is 10.1. The van der Waals surface area contributed by atoms with Crippen molar-refractivity contribution in [2.45, 2.75) is 13.0 Å². The molecular formula is C11H12N4OS. The summed E-state index contributed by atoms with van der Waals surface area (Å²) < 4.78 is 5.28. The molecule has 2 rings (SSSR count). The fourth-order valence-corrected chi connectivity index (χ4v) is 1.47. The Morgan fingerprint density at radius 3 is 2.82 bits per heavy atom. The first kappa shape index (κ1) is 11.5. The summed E-state index contributed by atoms with van der Waals surface area (Å²) >= 11 is 4.80. The van der Waals surface area contributed by atoms with Crippen molar-refractivity contribution >= 4 is 23.0 Å². The average Bonchev–Trinajstić information content (AvgIpc) is 2.83. The Bertz CT molecular complexity index is 495.